The minimum atomic E-state index is 0.665. The smallest absolute Gasteiger partial charge is 0.175 e. The van der Waals surface area contributed by atoms with Crippen molar-refractivity contribution in [1.29, 1.82) is 0 Å². The van der Waals surface area contributed by atoms with Gasteiger partial charge in [0.05, 0.1) is 24.8 Å². The molecule has 2 rings (SSSR count). The standard InChI is InChI=1S/C19H24BrNO3/c1-4-10-24-19-17(20)11-14(12-18(19)22-3)13-21-15-6-8-16(9-7-15)23-5-2/h6-9,11-12,21H,4-5,10,13H2,1-3H3. The predicted molar refractivity (Wildman–Crippen MR) is 101 cm³/mol. The van der Waals surface area contributed by atoms with E-state index < -0.39 is 0 Å². The Morgan fingerprint density at radius 2 is 1.79 bits per heavy atom. The second-order valence-electron chi connectivity index (χ2n) is 5.27. The first-order chi connectivity index (χ1) is 11.7. The Bertz CT molecular complexity index is 644. The number of anilines is 1. The van der Waals surface area contributed by atoms with E-state index in [1.807, 2.05) is 37.3 Å². The topological polar surface area (TPSA) is 39.7 Å². The molecule has 0 bridgehead atoms. The zero-order valence-corrected chi connectivity index (χ0v) is 16.0. The number of ether oxygens (including phenoxy) is 3. The number of hydrogen-bond donors (Lipinski definition) is 1. The summed E-state index contributed by atoms with van der Waals surface area (Å²) in [5, 5.41) is 3.40. The molecule has 1 N–H and O–H groups in total. The van der Waals surface area contributed by atoms with Crippen molar-refractivity contribution in [2.24, 2.45) is 0 Å². The van der Waals surface area contributed by atoms with Crippen molar-refractivity contribution >= 4 is 21.6 Å². The lowest BCUT2D eigenvalue weighted by atomic mass is 10.2. The summed E-state index contributed by atoms with van der Waals surface area (Å²) in [6.07, 6.45) is 0.955. The number of hydrogen-bond acceptors (Lipinski definition) is 4. The molecule has 2 aromatic carbocycles. The molecular weight excluding hydrogens is 370 g/mol. The van der Waals surface area contributed by atoms with Crippen LogP contribution in [0, 0.1) is 0 Å². The first-order valence-electron chi connectivity index (χ1n) is 8.13. The van der Waals surface area contributed by atoms with E-state index in [4.69, 9.17) is 14.2 Å². The summed E-state index contributed by atoms with van der Waals surface area (Å²) in [4.78, 5) is 0. The van der Waals surface area contributed by atoms with Gasteiger partial charge in [-0.2, -0.15) is 0 Å². The van der Waals surface area contributed by atoms with Crippen LogP contribution < -0.4 is 19.5 Å². The maximum absolute atomic E-state index is 5.76. The van der Waals surface area contributed by atoms with Crippen LogP contribution in [0.4, 0.5) is 5.69 Å². The molecule has 130 valence electrons. The molecule has 0 saturated heterocycles. The fourth-order valence-corrected chi connectivity index (χ4v) is 2.86. The van der Waals surface area contributed by atoms with Crippen LogP contribution in [0.15, 0.2) is 40.9 Å². The van der Waals surface area contributed by atoms with Crippen LogP contribution in [0.25, 0.3) is 0 Å². The zero-order valence-electron chi connectivity index (χ0n) is 14.4. The van der Waals surface area contributed by atoms with E-state index in [1.54, 1.807) is 7.11 Å². The van der Waals surface area contributed by atoms with Gasteiger partial charge in [0.15, 0.2) is 11.5 Å². The summed E-state index contributed by atoms with van der Waals surface area (Å²) >= 11 is 3.57. The van der Waals surface area contributed by atoms with Gasteiger partial charge in [0.1, 0.15) is 5.75 Å². The van der Waals surface area contributed by atoms with E-state index in [1.165, 1.54) is 0 Å². The van der Waals surface area contributed by atoms with E-state index in [2.05, 4.69) is 34.2 Å². The van der Waals surface area contributed by atoms with Crippen LogP contribution in [-0.2, 0) is 6.54 Å². The fraction of sp³-hybridized carbons (Fsp3) is 0.368. The molecular formula is C19H24BrNO3. The van der Waals surface area contributed by atoms with E-state index >= 15 is 0 Å². The number of nitrogens with one attached hydrogen (secondary N) is 1. The van der Waals surface area contributed by atoms with Crippen LogP contribution in [0.1, 0.15) is 25.8 Å². The minimum Gasteiger partial charge on any atom is -0.494 e. The number of halogens is 1. The summed E-state index contributed by atoms with van der Waals surface area (Å²) in [5.74, 6) is 2.37. The van der Waals surface area contributed by atoms with Crippen molar-refractivity contribution < 1.29 is 14.2 Å². The Balaban J connectivity index is 2.05. The lowest BCUT2D eigenvalue weighted by Gasteiger charge is -2.15. The van der Waals surface area contributed by atoms with Gasteiger partial charge in [0, 0.05) is 12.2 Å². The number of rotatable bonds is 9. The third-order valence-electron chi connectivity index (χ3n) is 3.40. The summed E-state index contributed by atoms with van der Waals surface area (Å²) in [5.41, 5.74) is 2.15. The summed E-state index contributed by atoms with van der Waals surface area (Å²) in [7, 11) is 1.66. The Morgan fingerprint density at radius 3 is 2.42 bits per heavy atom. The first-order valence-corrected chi connectivity index (χ1v) is 8.93. The maximum atomic E-state index is 5.76. The molecule has 0 spiro atoms. The fourth-order valence-electron chi connectivity index (χ4n) is 2.26. The predicted octanol–water partition coefficient (Wildman–Crippen LogP) is 5.26. The molecule has 0 saturated carbocycles. The average molecular weight is 394 g/mol. The van der Waals surface area contributed by atoms with Crippen molar-refractivity contribution in [3.63, 3.8) is 0 Å². The molecule has 0 aliphatic carbocycles. The van der Waals surface area contributed by atoms with Gasteiger partial charge in [0.2, 0.25) is 0 Å². The van der Waals surface area contributed by atoms with Crippen LogP contribution >= 0.6 is 15.9 Å². The highest BCUT2D eigenvalue weighted by Gasteiger charge is 2.11. The highest BCUT2D eigenvalue weighted by atomic mass is 79.9. The van der Waals surface area contributed by atoms with E-state index in [0.717, 1.165) is 39.4 Å². The summed E-state index contributed by atoms with van der Waals surface area (Å²) in [6, 6.07) is 12.0. The quantitative estimate of drug-likeness (QED) is 0.630. The van der Waals surface area contributed by atoms with Gasteiger partial charge in [-0.05, 0) is 71.2 Å². The van der Waals surface area contributed by atoms with E-state index in [0.29, 0.717) is 19.8 Å². The Hall–Kier alpha value is -1.88. The molecule has 2 aromatic rings. The molecule has 24 heavy (non-hydrogen) atoms. The van der Waals surface area contributed by atoms with Gasteiger partial charge >= 0.3 is 0 Å². The van der Waals surface area contributed by atoms with Crippen LogP contribution in [0.2, 0.25) is 0 Å². The maximum Gasteiger partial charge on any atom is 0.175 e. The molecule has 0 aliphatic heterocycles. The monoisotopic (exact) mass is 393 g/mol. The van der Waals surface area contributed by atoms with E-state index in [-0.39, 0.29) is 0 Å². The molecule has 0 aliphatic rings. The van der Waals surface area contributed by atoms with Gasteiger partial charge in [0.25, 0.3) is 0 Å². The first kappa shape index (κ1) is 18.5. The lowest BCUT2D eigenvalue weighted by molar-refractivity contribution is 0.292. The third-order valence-corrected chi connectivity index (χ3v) is 3.99. The normalized spacial score (nSPS) is 10.3. The van der Waals surface area contributed by atoms with Crippen molar-refractivity contribution in [2.75, 3.05) is 25.6 Å². The van der Waals surface area contributed by atoms with Crippen molar-refractivity contribution in [1.82, 2.24) is 0 Å². The minimum absolute atomic E-state index is 0.665. The second-order valence-corrected chi connectivity index (χ2v) is 6.12. The highest BCUT2D eigenvalue weighted by Crippen LogP contribution is 2.37. The van der Waals surface area contributed by atoms with Crippen LogP contribution in [-0.4, -0.2) is 20.3 Å². The van der Waals surface area contributed by atoms with Crippen LogP contribution in [0.3, 0.4) is 0 Å². The Kier molecular flexibility index (Phi) is 7.25. The van der Waals surface area contributed by atoms with Gasteiger partial charge in [-0.25, -0.2) is 0 Å². The number of methoxy groups -OCH3 is 1. The van der Waals surface area contributed by atoms with Gasteiger partial charge in [-0.3, -0.25) is 0 Å². The molecule has 0 aromatic heterocycles. The van der Waals surface area contributed by atoms with Gasteiger partial charge in [-0.15, -0.1) is 0 Å². The molecule has 0 heterocycles. The number of benzene rings is 2. The zero-order chi connectivity index (χ0) is 17.4. The Morgan fingerprint density at radius 1 is 1.04 bits per heavy atom. The highest BCUT2D eigenvalue weighted by molar-refractivity contribution is 9.10. The van der Waals surface area contributed by atoms with Crippen molar-refractivity contribution in [3.8, 4) is 17.2 Å². The second kappa shape index (κ2) is 9.42. The molecule has 0 atom stereocenters. The molecule has 0 unspecified atom stereocenters. The van der Waals surface area contributed by atoms with Crippen molar-refractivity contribution in [2.45, 2.75) is 26.8 Å². The Labute approximate surface area is 152 Å². The molecule has 0 fully saturated rings. The van der Waals surface area contributed by atoms with Crippen LogP contribution in [0.5, 0.6) is 17.2 Å². The largest absolute Gasteiger partial charge is 0.494 e. The molecule has 4 nitrogen and oxygen atoms in total. The summed E-state index contributed by atoms with van der Waals surface area (Å²) in [6.45, 7) is 6.09. The molecule has 0 radical (unpaired) electrons. The average Bonchev–Trinajstić information content (AvgIpc) is 2.60. The molecule has 0 amide bonds. The van der Waals surface area contributed by atoms with Gasteiger partial charge in [-0.1, -0.05) is 6.92 Å². The SMILES string of the molecule is CCCOc1c(Br)cc(CNc2ccc(OCC)cc2)cc1OC. The lowest BCUT2D eigenvalue weighted by Crippen LogP contribution is -2.03. The third kappa shape index (κ3) is 5.06. The molecule has 5 heteroatoms. The van der Waals surface area contributed by atoms with Gasteiger partial charge < -0.3 is 19.5 Å². The summed E-state index contributed by atoms with van der Waals surface area (Å²) < 4.78 is 17.6. The van der Waals surface area contributed by atoms with Crippen molar-refractivity contribution in [3.05, 3.63) is 46.4 Å². The van der Waals surface area contributed by atoms with E-state index in [9.17, 15) is 0 Å².